The minimum absolute atomic E-state index is 0.0732. The molecule has 1 amide bonds. The number of nitrogens with zero attached hydrogens (tertiary/aromatic N) is 2. The van der Waals surface area contributed by atoms with Crippen LogP contribution in [-0.2, 0) is 10.9 Å². The number of halogens is 3. The van der Waals surface area contributed by atoms with E-state index in [4.69, 9.17) is 4.74 Å². The second-order valence-corrected chi connectivity index (χ2v) is 6.71. The molecule has 0 spiro atoms. The zero-order valence-electron chi connectivity index (χ0n) is 13.5. The molecule has 2 heterocycles. The summed E-state index contributed by atoms with van der Waals surface area (Å²) in [7, 11) is 0. The van der Waals surface area contributed by atoms with Gasteiger partial charge in [0.15, 0.2) is 0 Å². The van der Waals surface area contributed by atoms with Gasteiger partial charge in [0.25, 0.3) is 0 Å². The minimum Gasteiger partial charge on any atom is -0.444 e. The Morgan fingerprint density at radius 1 is 1.26 bits per heavy atom. The van der Waals surface area contributed by atoms with E-state index in [9.17, 15) is 18.0 Å². The number of carbonyl (C=O) groups is 1. The summed E-state index contributed by atoms with van der Waals surface area (Å²) in [6.45, 7) is 6.30. The summed E-state index contributed by atoms with van der Waals surface area (Å²) >= 11 is 0. The van der Waals surface area contributed by atoms with E-state index in [0.717, 1.165) is 12.1 Å². The molecule has 1 aliphatic heterocycles. The van der Waals surface area contributed by atoms with Crippen molar-refractivity contribution in [2.45, 2.75) is 51.3 Å². The third-order valence-corrected chi connectivity index (χ3v) is 3.67. The lowest BCUT2D eigenvalue weighted by atomic mass is 9.92. The van der Waals surface area contributed by atoms with Crippen LogP contribution in [0.1, 0.15) is 50.8 Å². The van der Waals surface area contributed by atoms with Crippen LogP contribution in [0.5, 0.6) is 0 Å². The molecule has 1 aromatic rings. The molecule has 1 aliphatic rings. The zero-order valence-corrected chi connectivity index (χ0v) is 13.5. The molecule has 0 saturated carbocycles. The molecule has 1 aromatic heterocycles. The van der Waals surface area contributed by atoms with Gasteiger partial charge in [-0.15, -0.1) is 0 Å². The number of carbonyl (C=O) groups excluding carboxylic acids is 1. The molecule has 0 bridgehead atoms. The molecule has 2 rings (SSSR count). The van der Waals surface area contributed by atoms with E-state index in [1.165, 1.54) is 6.20 Å². The van der Waals surface area contributed by atoms with Crippen molar-refractivity contribution in [3.8, 4) is 0 Å². The first-order valence-electron chi connectivity index (χ1n) is 7.57. The number of alkyl halides is 3. The Balaban J connectivity index is 1.98. The van der Waals surface area contributed by atoms with Gasteiger partial charge in [-0.25, -0.2) is 4.79 Å². The van der Waals surface area contributed by atoms with Crippen LogP contribution < -0.4 is 0 Å². The Labute approximate surface area is 133 Å². The Morgan fingerprint density at radius 2 is 1.87 bits per heavy atom. The van der Waals surface area contributed by atoms with Crippen LogP contribution in [-0.4, -0.2) is 34.7 Å². The maximum absolute atomic E-state index is 12.8. The zero-order chi connectivity index (χ0) is 17.3. The number of hydrogen-bond donors (Lipinski definition) is 0. The van der Waals surface area contributed by atoms with Crippen molar-refractivity contribution >= 4 is 6.09 Å². The normalized spacial score (nSPS) is 17.2. The first-order chi connectivity index (χ1) is 10.6. The third-order valence-electron chi connectivity index (χ3n) is 3.67. The van der Waals surface area contributed by atoms with E-state index in [1.54, 1.807) is 25.7 Å². The topological polar surface area (TPSA) is 42.4 Å². The van der Waals surface area contributed by atoms with Crippen molar-refractivity contribution in [3.63, 3.8) is 0 Å². The number of piperidine rings is 1. The van der Waals surface area contributed by atoms with E-state index >= 15 is 0 Å². The molecule has 0 aromatic carbocycles. The van der Waals surface area contributed by atoms with Crippen molar-refractivity contribution in [2.75, 3.05) is 13.1 Å². The molecule has 0 N–H and O–H groups in total. The van der Waals surface area contributed by atoms with Crippen molar-refractivity contribution in [1.29, 1.82) is 0 Å². The van der Waals surface area contributed by atoms with Crippen molar-refractivity contribution in [1.82, 2.24) is 9.88 Å². The fourth-order valence-corrected chi connectivity index (χ4v) is 2.53. The highest BCUT2D eigenvalue weighted by Gasteiger charge is 2.32. The number of pyridine rings is 1. The van der Waals surface area contributed by atoms with Crippen LogP contribution in [0.3, 0.4) is 0 Å². The summed E-state index contributed by atoms with van der Waals surface area (Å²) in [5, 5.41) is 0. The quantitative estimate of drug-likeness (QED) is 0.774. The molecular weight excluding hydrogens is 309 g/mol. The summed E-state index contributed by atoms with van der Waals surface area (Å²) in [6.07, 6.45) is -2.40. The highest BCUT2D eigenvalue weighted by Crippen LogP contribution is 2.33. The first-order valence-corrected chi connectivity index (χ1v) is 7.57. The lowest BCUT2D eigenvalue weighted by molar-refractivity contribution is -0.137. The van der Waals surface area contributed by atoms with Gasteiger partial charge in [-0.05, 0) is 45.7 Å². The molecule has 0 aliphatic carbocycles. The van der Waals surface area contributed by atoms with E-state index in [1.807, 2.05) is 0 Å². The average Bonchev–Trinajstić information content (AvgIpc) is 2.45. The Hall–Kier alpha value is -1.79. The largest absolute Gasteiger partial charge is 0.444 e. The molecule has 0 radical (unpaired) electrons. The number of ether oxygens (including phenoxy) is 1. The van der Waals surface area contributed by atoms with Crippen molar-refractivity contribution in [2.24, 2.45) is 0 Å². The molecule has 7 heteroatoms. The highest BCUT2D eigenvalue weighted by atomic mass is 19.4. The number of likely N-dealkylation sites (tertiary alicyclic amines) is 1. The van der Waals surface area contributed by atoms with Gasteiger partial charge in [-0.2, -0.15) is 13.2 Å². The van der Waals surface area contributed by atoms with Gasteiger partial charge in [0.05, 0.1) is 5.56 Å². The third kappa shape index (κ3) is 4.84. The standard InChI is InChI=1S/C16H21F3N2O2/c1-15(2,3)23-14(22)21-8-5-11(6-9-21)13-10-12(4-7-20-13)16(17,18)19/h4,7,10-11H,5-6,8-9H2,1-3H3. The minimum atomic E-state index is -4.37. The monoisotopic (exact) mass is 330 g/mol. The summed E-state index contributed by atoms with van der Waals surface area (Å²) in [5.74, 6) is -0.0732. The fourth-order valence-electron chi connectivity index (χ4n) is 2.53. The molecule has 23 heavy (non-hydrogen) atoms. The molecule has 1 saturated heterocycles. The highest BCUT2D eigenvalue weighted by molar-refractivity contribution is 5.68. The maximum atomic E-state index is 12.8. The predicted octanol–water partition coefficient (Wildman–Crippen LogP) is 4.21. The smallest absolute Gasteiger partial charge is 0.416 e. The van der Waals surface area contributed by atoms with Gasteiger partial charge in [-0.1, -0.05) is 0 Å². The van der Waals surface area contributed by atoms with E-state index in [2.05, 4.69) is 4.98 Å². The Bertz CT molecular complexity index is 559. The summed E-state index contributed by atoms with van der Waals surface area (Å²) in [4.78, 5) is 17.6. The number of hydrogen-bond acceptors (Lipinski definition) is 3. The van der Waals surface area contributed by atoms with Gasteiger partial charge < -0.3 is 9.64 Å². The van der Waals surface area contributed by atoms with E-state index < -0.39 is 17.3 Å². The second kappa shape index (κ2) is 6.37. The predicted molar refractivity (Wildman–Crippen MR) is 79.0 cm³/mol. The Morgan fingerprint density at radius 3 is 2.39 bits per heavy atom. The summed E-state index contributed by atoms with van der Waals surface area (Å²) < 4.78 is 43.6. The molecule has 4 nitrogen and oxygen atoms in total. The average molecular weight is 330 g/mol. The number of rotatable bonds is 1. The van der Waals surface area contributed by atoms with Gasteiger partial charge in [0.2, 0.25) is 0 Å². The molecule has 1 fully saturated rings. The summed E-state index contributed by atoms with van der Waals surface area (Å²) in [5.41, 5.74) is -0.808. The van der Waals surface area contributed by atoms with Gasteiger partial charge in [0.1, 0.15) is 5.60 Å². The lowest BCUT2D eigenvalue weighted by Gasteiger charge is -2.33. The lowest BCUT2D eigenvalue weighted by Crippen LogP contribution is -2.41. The SMILES string of the molecule is CC(C)(C)OC(=O)N1CCC(c2cc(C(F)(F)F)ccn2)CC1. The van der Waals surface area contributed by atoms with Gasteiger partial charge in [-0.3, -0.25) is 4.98 Å². The van der Waals surface area contributed by atoms with Crippen LogP contribution in [0.15, 0.2) is 18.3 Å². The molecule has 128 valence electrons. The maximum Gasteiger partial charge on any atom is 0.416 e. The van der Waals surface area contributed by atoms with Crippen LogP contribution in [0, 0.1) is 0 Å². The molecule has 0 unspecified atom stereocenters. The summed E-state index contributed by atoms with van der Waals surface area (Å²) in [6, 6.07) is 2.08. The van der Waals surface area contributed by atoms with Crippen LogP contribution >= 0.6 is 0 Å². The first kappa shape index (κ1) is 17.6. The van der Waals surface area contributed by atoms with Crippen LogP contribution in [0.4, 0.5) is 18.0 Å². The van der Waals surface area contributed by atoms with E-state index in [0.29, 0.717) is 31.6 Å². The second-order valence-electron chi connectivity index (χ2n) is 6.71. The molecular formula is C16H21F3N2O2. The van der Waals surface area contributed by atoms with E-state index in [-0.39, 0.29) is 12.0 Å². The Kier molecular flexibility index (Phi) is 4.87. The van der Waals surface area contributed by atoms with Gasteiger partial charge >= 0.3 is 12.3 Å². The van der Waals surface area contributed by atoms with Crippen LogP contribution in [0.25, 0.3) is 0 Å². The van der Waals surface area contributed by atoms with Gasteiger partial charge in [0, 0.05) is 30.9 Å². The van der Waals surface area contributed by atoms with Crippen molar-refractivity contribution in [3.05, 3.63) is 29.6 Å². The number of amides is 1. The molecule has 0 atom stereocenters. The van der Waals surface area contributed by atoms with Crippen molar-refractivity contribution < 1.29 is 22.7 Å². The fraction of sp³-hybridized carbons (Fsp3) is 0.625. The number of aromatic nitrogens is 1. The van der Waals surface area contributed by atoms with Crippen LogP contribution in [0.2, 0.25) is 0 Å².